The van der Waals surface area contributed by atoms with Gasteiger partial charge in [0.15, 0.2) is 5.88 Å². The summed E-state index contributed by atoms with van der Waals surface area (Å²) in [6.07, 6.45) is 0. The molecule has 0 bridgehead atoms. The number of nitrogens with zero attached hydrogens (tertiary/aromatic N) is 1. The Kier molecular flexibility index (Phi) is 2.11. The Morgan fingerprint density at radius 1 is 1.50 bits per heavy atom. The topological polar surface area (TPSA) is 12.5 Å². The van der Waals surface area contributed by atoms with E-state index in [0.29, 0.717) is 12.1 Å². The van der Waals surface area contributed by atoms with Crippen molar-refractivity contribution in [1.29, 1.82) is 0 Å². The molecule has 1 aliphatic heterocycles. The average Bonchev–Trinajstić information content (AvgIpc) is 2.02. The van der Waals surface area contributed by atoms with Crippen LogP contribution in [0.3, 0.4) is 0 Å². The monoisotopic (exact) mass is 169 g/mol. The molecule has 0 aliphatic carbocycles. The van der Waals surface area contributed by atoms with Crippen molar-refractivity contribution in [3.8, 4) is 0 Å². The van der Waals surface area contributed by atoms with E-state index in [1.807, 2.05) is 0 Å². The van der Waals surface area contributed by atoms with E-state index in [-0.39, 0.29) is 5.60 Å². The molecule has 1 fully saturated rings. The van der Waals surface area contributed by atoms with Gasteiger partial charge < -0.3 is 9.64 Å². The summed E-state index contributed by atoms with van der Waals surface area (Å²) in [6, 6.07) is 0.874. The Morgan fingerprint density at radius 2 is 2.00 bits per heavy atom. The van der Waals surface area contributed by atoms with Crippen molar-refractivity contribution in [2.75, 3.05) is 0 Å². The van der Waals surface area contributed by atoms with Gasteiger partial charge in [0, 0.05) is 6.04 Å². The minimum atomic E-state index is -0.0959. The molecule has 1 heterocycles. The molecule has 0 aromatic carbocycles. The molecular formula is C10H19NO. The van der Waals surface area contributed by atoms with E-state index >= 15 is 0 Å². The fraction of sp³-hybridized carbons (Fsp3) is 0.800. The summed E-state index contributed by atoms with van der Waals surface area (Å²) in [5.74, 6) is 0.808. The first-order chi connectivity index (χ1) is 5.36. The van der Waals surface area contributed by atoms with E-state index in [9.17, 15) is 0 Å². The third-order valence-corrected chi connectivity index (χ3v) is 2.65. The Hall–Kier alpha value is -0.660. The number of ether oxygens (including phenoxy) is 1. The minimum absolute atomic E-state index is 0.0959. The summed E-state index contributed by atoms with van der Waals surface area (Å²) in [5, 5.41) is 0. The van der Waals surface area contributed by atoms with Crippen molar-refractivity contribution in [1.82, 2.24) is 4.90 Å². The molecule has 12 heavy (non-hydrogen) atoms. The molecule has 1 unspecified atom stereocenters. The molecule has 1 aliphatic rings. The molecule has 0 radical (unpaired) electrons. The van der Waals surface area contributed by atoms with E-state index in [1.54, 1.807) is 0 Å². The summed E-state index contributed by atoms with van der Waals surface area (Å²) in [4.78, 5) is 2.22. The van der Waals surface area contributed by atoms with Gasteiger partial charge in [-0.1, -0.05) is 0 Å². The van der Waals surface area contributed by atoms with E-state index in [0.717, 1.165) is 5.88 Å². The van der Waals surface area contributed by atoms with Crippen LogP contribution in [-0.4, -0.2) is 22.6 Å². The molecule has 0 aromatic rings. The van der Waals surface area contributed by atoms with E-state index in [2.05, 4.69) is 46.1 Å². The highest BCUT2D eigenvalue weighted by molar-refractivity contribution is 5.04. The van der Waals surface area contributed by atoms with Crippen LogP contribution in [0.1, 0.15) is 34.6 Å². The highest BCUT2D eigenvalue weighted by atomic mass is 16.5. The molecule has 0 saturated carbocycles. The molecule has 0 amide bonds. The van der Waals surface area contributed by atoms with Crippen LogP contribution in [0.2, 0.25) is 0 Å². The lowest BCUT2D eigenvalue weighted by molar-refractivity contribution is 0.0680. The van der Waals surface area contributed by atoms with Crippen molar-refractivity contribution >= 4 is 0 Å². The summed E-state index contributed by atoms with van der Waals surface area (Å²) < 4.78 is 5.67. The maximum atomic E-state index is 5.67. The van der Waals surface area contributed by atoms with Crippen LogP contribution in [0, 0.1) is 0 Å². The van der Waals surface area contributed by atoms with E-state index in [1.165, 1.54) is 0 Å². The van der Waals surface area contributed by atoms with Gasteiger partial charge in [-0.15, -0.1) is 0 Å². The second-order valence-electron chi connectivity index (χ2n) is 4.28. The third-order valence-electron chi connectivity index (χ3n) is 2.65. The summed E-state index contributed by atoms with van der Waals surface area (Å²) in [5.41, 5.74) is -0.0959. The first kappa shape index (κ1) is 9.43. The Balaban J connectivity index is 2.85. The van der Waals surface area contributed by atoms with Gasteiger partial charge in [0.1, 0.15) is 5.60 Å². The number of hydrogen-bond donors (Lipinski definition) is 0. The molecule has 0 N–H and O–H groups in total. The highest BCUT2D eigenvalue weighted by Gasteiger charge is 2.42. The molecule has 70 valence electrons. The van der Waals surface area contributed by atoms with Crippen LogP contribution in [0.25, 0.3) is 0 Å². The molecule has 0 aromatic heterocycles. The van der Waals surface area contributed by atoms with Crippen LogP contribution in [0.5, 0.6) is 0 Å². The van der Waals surface area contributed by atoms with Gasteiger partial charge >= 0.3 is 0 Å². The van der Waals surface area contributed by atoms with Crippen molar-refractivity contribution < 1.29 is 4.74 Å². The van der Waals surface area contributed by atoms with Crippen molar-refractivity contribution in [3.63, 3.8) is 0 Å². The van der Waals surface area contributed by atoms with Crippen LogP contribution < -0.4 is 0 Å². The standard InChI is InChI=1S/C10H19NO/c1-7(2)11-8(3)10(5,6)12-9(11)4/h7-8H,4H2,1-3,5-6H3. The molecule has 1 saturated heterocycles. The maximum absolute atomic E-state index is 5.67. The molecule has 1 atom stereocenters. The van der Waals surface area contributed by atoms with Crippen molar-refractivity contribution in [3.05, 3.63) is 12.5 Å². The van der Waals surface area contributed by atoms with Crippen molar-refractivity contribution in [2.24, 2.45) is 0 Å². The van der Waals surface area contributed by atoms with Gasteiger partial charge in [-0.3, -0.25) is 0 Å². The second kappa shape index (κ2) is 2.68. The van der Waals surface area contributed by atoms with Gasteiger partial charge in [0.25, 0.3) is 0 Å². The zero-order chi connectivity index (χ0) is 9.52. The first-order valence-electron chi connectivity index (χ1n) is 4.52. The Morgan fingerprint density at radius 3 is 2.17 bits per heavy atom. The van der Waals surface area contributed by atoms with Gasteiger partial charge in [-0.2, -0.15) is 0 Å². The lowest BCUT2D eigenvalue weighted by Gasteiger charge is -2.29. The normalized spacial score (nSPS) is 28.0. The largest absolute Gasteiger partial charge is 0.471 e. The Bertz CT molecular complexity index is 196. The molecular weight excluding hydrogens is 150 g/mol. The van der Waals surface area contributed by atoms with Gasteiger partial charge in [0.05, 0.1) is 6.04 Å². The third kappa shape index (κ3) is 1.30. The second-order valence-corrected chi connectivity index (χ2v) is 4.28. The summed E-state index contributed by atoms with van der Waals surface area (Å²) >= 11 is 0. The zero-order valence-corrected chi connectivity index (χ0v) is 8.72. The number of rotatable bonds is 1. The maximum Gasteiger partial charge on any atom is 0.183 e. The quantitative estimate of drug-likeness (QED) is 0.597. The van der Waals surface area contributed by atoms with E-state index < -0.39 is 0 Å². The van der Waals surface area contributed by atoms with Crippen LogP contribution in [0.15, 0.2) is 12.5 Å². The fourth-order valence-corrected chi connectivity index (χ4v) is 1.73. The predicted molar refractivity (Wildman–Crippen MR) is 50.7 cm³/mol. The SMILES string of the molecule is C=C1OC(C)(C)C(C)N1C(C)C. The predicted octanol–water partition coefficient (Wildman–Crippen LogP) is 2.37. The molecule has 2 nitrogen and oxygen atoms in total. The first-order valence-corrected chi connectivity index (χ1v) is 4.52. The van der Waals surface area contributed by atoms with E-state index in [4.69, 9.17) is 4.74 Å². The molecule has 0 spiro atoms. The lowest BCUT2D eigenvalue weighted by atomic mass is 10.00. The Labute approximate surface area is 75.2 Å². The smallest absolute Gasteiger partial charge is 0.183 e. The van der Waals surface area contributed by atoms with Crippen molar-refractivity contribution in [2.45, 2.75) is 52.3 Å². The average molecular weight is 169 g/mol. The fourth-order valence-electron chi connectivity index (χ4n) is 1.73. The van der Waals surface area contributed by atoms with Crippen LogP contribution >= 0.6 is 0 Å². The van der Waals surface area contributed by atoms with Crippen LogP contribution in [-0.2, 0) is 4.74 Å². The summed E-state index contributed by atoms with van der Waals surface area (Å²) in [7, 11) is 0. The summed E-state index contributed by atoms with van der Waals surface area (Å²) in [6.45, 7) is 14.6. The number of hydrogen-bond acceptors (Lipinski definition) is 2. The van der Waals surface area contributed by atoms with Gasteiger partial charge in [-0.25, -0.2) is 0 Å². The molecule has 2 heteroatoms. The molecule has 1 rings (SSSR count). The zero-order valence-electron chi connectivity index (χ0n) is 8.72. The van der Waals surface area contributed by atoms with Crippen LogP contribution in [0.4, 0.5) is 0 Å². The van der Waals surface area contributed by atoms with Gasteiger partial charge in [0.2, 0.25) is 0 Å². The highest BCUT2D eigenvalue weighted by Crippen LogP contribution is 2.34. The lowest BCUT2D eigenvalue weighted by Crippen LogP contribution is -2.41. The van der Waals surface area contributed by atoms with Gasteiger partial charge in [-0.05, 0) is 41.2 Å². The minimum Gasteiger partial charge on any atom is -0.471 e.